The maximum Gasteiger partial charge on any atom is 0.102 e. The number of hydrogen-bond acceptors (Lipinski definition) is 2. The van der Waals surface area contributed by atoms with Crippen molar-refractivity contribution in [2.45, 2.75) is 0 Å². The predicted molar refractivity (Wildman–Crippen MR) is 152 cm³/mol. The van der Waals surface area contributed by atoms with Gasteiger partial charge in [-0.3, -0.25) is 0 Å². The molecule has 0 radical (unpaired) electrons. The Kier molecular flexibility index (Phi) is 6.58. The first-order chi connectivity index (χ1) is 17.6. The molecule has 0 aliphatic heterocycles. The second kappa shape index (κ2) is 10.1. The van der Waals surface area contributed by atoms with Crippen molar-refractivity contribution in [1.82, 2.24) is 0 Å². The van der Waals surface area contributed by atoms with Crippen molar-refractivity contribution in [1.29, 1.82) is 5.26 Å². The number of rotatable bonds is 5. The van der Waals surface area contributed by atoms with E-state index in [0.29, 0.717) is 10.6 Å². The predicted octanol–water partition coefficient (Wildman–Crippen LogP) is 8.95. The summed E-state index contributed by atoms with van der Waals surface area (Å²) in [6, 6.07) is 41.5. The molecule has 0 unspecified atom stereocenters. The summed E-state index contributed by atoms with van der Waals surface area (Å²) < 4.78 is 0. The molecule has 3 heteroatoms. The van der Waals surface area contributed by atoms with Gasteiger partial charge in [0.15, 0.2) is 0 Å². The van der Waals surface area contributed by atoms with Crippen LogP contribution in [-0.2, 0) is 0 Å². The van der Waals surface area contributed by atoms with E-state index in [1.165, 1.54) is 0 Å². The monoisotopic (exact) mass is 484 g/mol. The van der Waals surface area contributed by atoms with E-state index in [9.17, 15) is 5.26 Å². The fourth-order valence-electron chi connectivity index (χ4n) is 4.87. The zero-order valence-corrected chi connectivity index (χ0v) is 21.0. The molecule has 0 N–H and O–H groups in total. The van der Waals surface area contributed by atoms with Crippen LogP contribution >= 0.6 is 11.6 Å². The molecule has 0 saturated carbocycles. The molecule has 0 spiro atoms. The van der Waals surface area contributed by atoms with Crippen LogP contribution in [0.15, 0.2) is 115 Å². The van der Waals surface area contributed by atoms with Crippen LogP contribution in [0.2, 0.25) is 5.02 Å². The zero-order valence-electron chi connectivity index (χ0n) is 20.2. The molecule has 0 aliphatic rings. The fourth-order valence-corrected chi connectivity index (χ4v) is 5.00. The number of benzene rings is 5. The van der Waals surface area contributed by atoms with Crippen LogP contribution in [0.5, 0.6) is 0 Å². The van der Waals surface area contributed by atoms with Crippen LogP contribution in [-0.4, -0.2) is 14.1 Å². The van der Waals surface area contributed by atoms with Gasteiger partial charge in [-0.25, -0.2) is 0 Å². The highest BCUT2D eigenvalue weighted by molar-refractivity contribution is 6.30. The second-order valence-corrected chi connectivity index (χ2v) is 9.27. The van der Waals surface area contributed by atoms with Crippen molar-refractivity contribution >= 4 is 17.3 Å². The molecule has 5 rings (SSSR count). The highest BCUT2D eigenvalue weighted by atomic mass is 35.5. The van der Waals surface area contributed by atoms with E-state index in [2.05, 4.69) is 59.5 Å². The summed E-state index contributed by atoms with van der Waals surface area (Å²) in [5.74, 6) is 0. The first kappa shape index (κ1) is 23.4. The fraction of sp³-hybridized carbons (Fsp3) is 0.0606. The average molecular weight is 485 g/mol. The second-order valence-electron chi connectivity index (χ2n) is 8.83. The Hall–Kier alpha value is -4.32. The van der Waals surface area contributed by atoms with E-state index >= 15 is 0 Å². The first-order valence-corrected chi connectivity index (χ1v) is 12.2. The molecule has 0 atom stereocenters. The summed E-state index contributed by atoms with van der Waals surface area (Å²) in [4.78, 5) is 2.06. The topological polar surface area (TPSA) is 27.0 Å². The van der Waals surface area contributed by atoms with E-state index in [0.717, 1.165) is 50.2 Å². The molecule has 5 aromatic carbocycles. The molecule has 0 saturated heterocycles. The first-order valence-electron chi connectivity index (χ1n) is 11.8. The van der Waals surface area contributed by atoms with Crippen LogP contribution in [0.3, 0.4) is 0 Å². The summed E-state index contributed by atoms with van der Waals surface area (Å²) in [6.07, 6.45) is 0. The Labute approximate surface area is 217 Å². The van der Waals surface area contributed by atoms with E-state index in [4.69, 9.17) is 11.6 Å². The standard InChI is InChI=1S/C33H25ClN2/c1-36(2)33-28(22-35)29(26-18-20-27(34)21-19-26)30(23-12-6-3-7-13-23)31(24-14-8-4-9-15-24)32(33)25-16-10-5-11-17-25/h3-21H,1-2H3. The molecule has 0 bridgehead atoms. The van der Waals surface area contributed by atoms with Crippen molar-refractivity contribution in [2.24, 2.45) is 0 Å². The van der Waals surface area contributed by atoms with Crippen molar-refractivity contribution in [3.05, 3.63) is 126 Å². The largest absolute Gasteiger partial charge is 0.376 e. The van der Waals surface area contributed by atoms with Gasteiger partial charge < -0.3 is 4.90 Å². The van der Waals surface area contributed by atoms with Crippen LogP contribution < -0.4 is 4.90 Å². The van der Waals surface area contributed by atoms with Gasteiger partial charge in [-0.15, -0.1) is 0 Å². The lowest BCUT2D eigenvalue weighted by molar-refractivity contribution is 1.13. The minimum Gasteiger partial charge on any atom is -0.376 e. The Balaban J connectivity index is 2.08. The lowest BCUT2D eigenvalue weighted by atomic mass is 9.79. The maximum atomic E-state index is 10.7. The number of anilines is 1. The van der Waals surface area contributed by atoms with Crippen LogP contribution in [0.4, 0.5) is 5.69 Å². The lowest BCUT2D eigenvalue weighted by Gasteiger charge is -2.28. The van der Waals surface area contributed by atoms with E-state index in [1.807, 2.05) is 80.8 Å². The number of nitrogens with zero attached hydrogens (tertiary/aromatic N) is 2. The molecule has 5 aromatic rings. The molecule has 0 fully saturated rings. The number of nitriles is 1. The Morgan fingerprint density at radius 3 is 1.33 bits per heavy atom. The van der Waals surface area contributed by atoms with Crippen molar-refractivity contribution in [3.8, 4) is 50.6 Å². The molecule has 2 nitrogen and oxygen atoms in total. The molecule has 0 amide bonds. The van der Waals surface area contributed by atoms with E-state index < -0.39 is 0 Å². The van der Waals surface area contributed by atoms with Crippen LogP contribution in [0, 0.1) is 11.3 Å². The minimum absolute atomic E-state index is 0.639. The summed E-state index contributed by atoms with van der Waals surface area (Å²) in [7, 11) is 4.01. The highest BCUT2D eigenvalue weighted by Crippen LogP contribution is 2.52. The van der Waals surface area contributed by atoms with Gasteiger partial charge in [0, 0.05) is 35.8 Å². The third-order valence-corrected chi connectivity index (χ3v) is 6.60. The van der Waals surface area contributed by atoms with Crippen LogP contribution in [0.25, 0.3) is 44.5 Å². The lowest BCUT2D eigenvalue weighted by Crippen LogP contribution is -2.14. The summed E-state index contributed by atoms with van der Waals surface area (Å²) in [6.45, 7) is 0. The number of hydrogen-bond donors (Lipinski definition) is 0. The van der Waals surface area contributed by atoms with Gasteiger partial charge in [0.25, 0.3) is 0 Å². The average Bonchev–Trinajstić information content (AvgIpc) is 2.93. The molecule has 36 heavy (non-hydrogen) atoms. The van der Waals surface area contributed by atoms with Gasteiger partial charge >= 0.3 is 0 Å². The third kappa shape index (κ3) is 4.26. The van der Waals surface area contributed by atoms with Crippen molar-refractivity contribution < 1.29 is 0 Å². The zero-order chi connectivity index (χ0) is 25.1. The molecule has 0 heterocycles. The molecule has 174 valence electrons. The minimum atomic E-state index is 0.639. The summed E-state index contributed by atoms with van der Waals surface area (Å²) in [5, 5.41) is 11.3. The van der Waals surface area contributed by atoms with Gasteiger partial charge in [-0.2, -0.15) is 5.26 Å². The van der Waals surface area contributed by atoms with E-state index in [1.54, 1.807) is 0 Å². The van der Waals surface area contributed by atoms with Gasteiger partial charge in [-0.05, 0) is 39.9 Å². The highest BCUT2D eigenvalue weighted by Gasteiger charge is 2.28. The quantitative estimate of drug-likeness (QED) is 0.249. The van der Waals surface area contributed by atoms with Crippen molar-refractivity contribution in [3.63, 3.8) is 0 Å². The van der Waals surface area contributed by atoms with Crippen molar-refractivity contribution in [2.75, 3.05) is 19.0 Å². The molecule has 0 aromatic heterocycles. The SMILES string of the molecule is CN(C)c1c(C#N)c(-c2ccc(Cl)cc2)c(-c2ccccc2)c(-c2ccccc2)c1-c1ccccc1. The normalized spacial score (nSPS) is 10.6. The third-order valence-electron chi connectivity index (χ3n) is 6.35. The summed E-state index contributed by atoms with van der Waals surface area (Å²) in [5.41, 5.74) is 9.78. The number of halogens is 1. The van der Waals surface area contributed by atoms with Crippen LogP contribution in [0.1, 0.15) is 5.56 Å². The van der Waals surface area contributed by atoms with E-state index in [-0.39, 0.29) is 0 Å². The summed E-state index contributed by atoms with van der Waals surface area (Å²) >= 11 is 6.27. The van der Waals surface area contributed by atoms with Gasteiger partial charge in [0.05, 0.1) is 11.3 Å². The Morgan fingerprint density at radius 2 is 0.917 bits per heavy atom. The Bertz CT molecular complexity index is 1530. The van der Waals surface area contributed by atoms with Gasteiger partial charge in [-0.1, -0.05) is 115 Å². The van der Waals surface area contributed by atoms with Gasteiger partial charge in [0.1, 0.15) is 6.07 Å². The maximum absolute atomic E-state index is 10.7. The van der Waals surface area contributed by atoms with Gasteiger partial charge in [0.2, 0.25) is 0 Å². The molecular formula is C33H25ClN2. The smallest absolute Gasteiger partial charge is 0.102 e. The molecular weight excluding hydrogens is 460 g/mol. The Morgan fingerprint density at radius 1 is 0.528 bits per heavy atom. The molecule has 0 aliphatic carbocycles.